The summed E-state index contributed by atoms with van der Waals surface area (Å²) in [5.41, 5.74) is 3.01. The van der Waals surface area contributed by atoms with Crippen LogP contribution in [0, 0.1) is 29.1 Å². The van der Waals surface area contributed by atoms with E-state index in [4.69, 9.17) is 10.00 Å². The van der Waals surface area contributed by atoms with Gasteiger partial charge in [-0.3, -0.25) is 4.98 Å². The van der Waals surface area contributed by atoms with E-state index in [1.807, 2.05) is 45.9 Å². The first kappa shape index (κ1) is 20.7. The third-order valence-corrected chi connectivity index (χ3v) is 5.55. The Labute approximate surface area is 171 Å². The topological polar surface area (TPSA) is 95.2 Å². The molecule has 1 aromatic heterocycles. The van der Waals surface area contributed by atoms with Gasteiger partial charge in [-0.05, 0) is 48.9 Å². The number of carboxylic acid groups (broad SMARTS) is 1. The molecule has 1 unspecified atom stereocenters. The highest BCUT2D eigenvalue weighted by Gasteiger charge is 2.54. The zero-order valence-electron chi connectivity index (χ0n) is 17.3. The number of hydrogen-bond donors (Lipinski definition) is 2. The molecule has 6 heteroatoms. The molecule has 1 aromatic carbocycles. The number of hydrogen-bond acceptors (Lipinski definition) is 4. The molecule has 29 heavy (non-hydrogen) atoms. The average Bonchev–Trinajstić information content (AvgIpc) is 3.45. The normalized spacial score (nSPS) is 15.8. The van der Waals surface area contributed by atoms with Crippen molar-refractivity contribution >= 4 is 6.09 Å². The number of pyridine rings is 1. The van der Waals surface area contributed by atoms with E-state index in [1.165, 1.54) is 0 Å². The van der Waals surface area contributed by atoms with Gasteiger partial charge in [0.2, 0.25) is 0 Å². The van der Waals surface area contributed by atoms with Crippen molar-refractivity contribution < 1.29 is 14.6 Å². The van der Waals surface area contributed by atoms with Gasteiger partial charge in [-0.2, -0.15) is 5.26 Å². The smallest absolute Gasteiger partial charge is 0.404 e. The number of aromatic nitrogens is 1. The van der Waals surface area contributed by atoms with E-state index in [2.05, 4.69) is 16.4 Å². The molecule has 1 amide bonds. The third kappa shape index (κ3) is 4.68. The summed E-state index contributed by atoms with van der Waals surface area (Å²) >= 11 is 0. The SMILES string of the molecule is Cc1ncc(OCC2(C(NC(=O)O)C(C)(C)C)CC2)cc1-c1ccc(C#N)cc1. The number of nitrogens with one attached hydrogen (secondary N) is 1. The molecule has 0 bridgehead atoms. The molecule has 1 saturated carbocycles. The zero-order valence-corrected chi connectivity index (χ0v) is 17.3. The second-order valence-electron chi connectivity index (χ2n) is 8.89. The lowest BCUT2D eigenvalue weighted by Gasteiger charge is -2.37. The van der Waals surface area contributed by atoms with Crippen LogP contribution >= 0.6 is 0 Å². The van der Waals surface area contributed by atoms with Crippen molar-refractivity contribution in [1.29, 1.82) is 5.26 Å². The Morgan fingerprint density at radius 2 is 2.00 bits per heavy atom. The molecular weight excluding hydrogens is 366 g/mol. The number of amides is 1. The zero-order chi connectivity index (χ0) is 21.2. The van der Waals surface area contributed by atoms with Crippen LogP contribution < -0.4 is 10.1 Å². The van der Waals surface area contributed by atoms with Crippen LogP contribution in [0.5, 0.6) is 5.75 Å². The van der Waals surface area contributed by atoms with E-state index in [0.29, 0.717) is 17.9 Å². The average molecular weight is 393 g/mol. The van der Waals surface area contributed by atoms with Gasteiger partial charge >= 0.3 is 6.09 Å². The minimum absolute atomic E-state index is 0.191. The molecular formula is C23H27N3O3. The fourth-order valence-corrected chi connectivity index (χ4v) is 3.93. The van der Waals surface area contributed by atoms with Crippen molar-refractivity contribution in [3.8, 4) is 22.9 Å². The molecule has 152 valence electrons. The number of ether oxygens (including phenoxy) is 1. The van der Waals surface area contributed by atoms with Gasteiger partial charge in [0.25, 0.3) is 0 Å². The third-order valence-electron chi connectivity index (χ3n) is 5.55. The van der Waals surface area contributed by atoms with Crippen molar-refractivity contribution in [2.24, 2.45) is 10.8 Å². The van der Waals surface area contributed by atoms with Crippen molar-refractivity contribution in [1.82, 2.24) is 10.3 Å². The number of benzene rings is 1. The first-order chi connectivity index (χ1) is 13.6. The Hall–Kier alpha value is -3.07. The lowest BCUT2D eigenvalue weighted by molar-refractivity contribution is 0.111. The highest BCUT2D eigenvalue weighted by molar-refractivity contribution is 5.68. The van der Waals surface area contributed by atoms with Crippen LogP contribution in [0.25, 0.3) is 11.1 Å². The number of nitrogens with zero attached hydrogens (tertiary/aromatic N) is 2. The van der Waals surface area contributed by atoms with Crippen molar-refractivity contribution in [2.45, 2.75) is 46.6 Å². The Morgan fingerprint density at radius 3 is 2.52 bits per heavy atom. The van der Waals surface area contributed by atoms with Crippen LogP contribution in [0.1, 0.15) is 44.9 Å². The molecule has 2 aromatic rings. The van der Waals surface area contributed by atoms with Gasteiger partial charge in [0.05, 0.1) is 24.4 Å². The highest BCUT2D eigenvalue weighted by atomic mass is 16.5. The van der Waals surface area contributed by atoms with Crippen molar-refractivity contribution in [3.05, 3.63) is 47.8 Å². The summed E-state index contributed by atoms with van der Waals surface area (Å²) in [5.74, 6) is 0.657. The first-order valence-corrected chi connectivity index (χ1v) is 9.74. The van der Waals surface area contributed by atoms with E-state index in [-0.39, 0.29) is 16.9 Å². The summed E-state index contributed by atoms with van der Waals surface area (Å²) in [6.45, 7) is 8.51. The number of aryl methyl sites for hydroxylation is 1. The fraction of sp³-hybridized carbons (Fsp3) is 0.435. The molecule has 1 fully saturated rings. The van der Waals surface area contributed by atoms with Gasteiger partial charge in [0.1, 0.15) is 5.75 Å². The summed E-state index contributed by atoms with van der Waals surface area (Å²) in [4.78, 5) is 15.8. The molecule has 0 aliphatic heterocycles. The number of rotatable bonds is 6. The van der Waals surface area contributed by atoms with Gasteiger partial charge in [-0.1, -0.05) is 32.9 Å². The Balaban J connectivity index is 1.78. The summed E-state index contributed by atoms with van der Waals surface area (Å²) in [6.07, 6.45) is 2.56. The van der Waals surface area contributed by atoms with E-state index >= 15 is 0 Å². The quantitative estimate of drug-likeness (QED) is 0.737. The maximum atomic E-state index is 11.3. The minimum Gasteiger partial charge on any atom is -0.491 e. The molecule has 1 heterocycles. The molecule has 2 N–H and O–H groups in total. The van der Waals surface area contributed by atoms with Crippen LogP contribution in [0.2, 0.25) is 0 Å². The van der Waals surface area contributed by atoms with Crippen molar-refractivity contribution in [2.75, 3.05) is 6.61 Å². The molecule has 6 nitrogen and oxygen atoms in total. The molecule has 1 aliphatic carbocycles. The fourth-order valence-electron chi connectivity index (χ4n) is 3.93. The van der Waals surface area contributed by atoms with Crippen LogP contribution in [-0.2, 0) is 0 Å². The predicted molar refractivity (Wildman–Crippen MR) is 111 cm³/mol. The summed E-state index contributed by atoms with van der Waals surface area (Å²) in [5, 5.41) is 21.0. The molecule has 1 aliphatic rings. The summed E-state index contributed by atoms with van der Waals surface area (Å²) in [6, 6.07) is 11.3. The molecule has 1 atom stereocenters. The van der Waals surface area contributed by atoms with E-state index < -0.39 is 6.09 Å². The van der Waals surface area contributed by atoms with Crippen LogP contribution in [0.3, 0.4) is 0 Å². The predicted octanol–water partition coefficient (Wildman–Crippen LogP) is 4.77. The number of nitriles is 1. The Bertz CT molecular complexity index is 935. The summed E-state index contributed by atoms with van der Waals surface area (Å²) < 4.78 is 6.11. The monoisotopic (exact) mass is 393 g/mol. The molecule has 0 radical (unpaired) electrons. The Kier molecular flexibility index (Phi) is 5.52. The second kappa shape index (κ2) is 7.75. The van der Waals surface area contributed by atoms with Gasteiger partial charge < -0.3 is 15.2 Å². The van der Waals surface area contributed by atoms with E-state index in [0.717, 1.165) is 29.7 Å². The maximum Gasteiger partial charge on any atom is 0.404 e. The Morgan fingerprint density at radius 1 is 1.34 bits per heavy atom. The van der Waals surface area contributed by atoms with E-state index in [9.17, 15) is 9.90 Å². The minimum atomic E-state index is -1.00. The lowest BCUT2D eigenvalue weighted by Crippen LogP contribution is -2.51. The molecule has 3 rings (SSSR count). The molecule has 0 saturated heterocycles. The van der Waals surface area contributed by atoms with E-state index in [1.54, 1.807) is 18.3 Å². The number of carbonyl (C=O) groups is 1. The van der Waals surface area contributed by atoms with Gasteiger partial charge in [0, 0.05) is 22.7 Å². The highest BCUT2D eigenvalue weighted by Crippen LogP contribution is 2.53. The van der Waals surface area contributed by atoms with Crippen LogP contribution in [-0.4, -0.2) is 28.8 Å². The standard InChI is InChI=1S/C23H27N3O3/c1-15-19(17-7-5-16(12-24)6-8-17)11-18(13-25-15)29-14-23(9-10-23)20(22(2,3)4)26-21(27)28/h5-8,11,13,20,26H,9-10,14H2,1-4H3,(H,27,28). The molecule has 0 spiro atoms. The lowest BCUT2D eigenvalue weighted by atomic mass is 9.77. The van der Waals surface area contributed by atoms with Crippen LogP contribution in [0.4, 0.5) is 4.79 Å². The van der Waals surface area contributed by atoms with Gasteiger partial charge in [0.15, 0.2) is 0 Å². The summed E-state index contributed by atoms with van der Waals surface area (Å²) in [7, 11) is 0. The van der Waals surface area contributed by atoms with Crippen molar-refractivity contribution in [3.63, 3.8) is 0 Å². The van der Waals surface area contributed by atoms with Gasteiger partial charge in [-0.25, -0.2) is 4.79 Å². The largest absolute Gasteiger partial charge is 0.491 e. The maximum absolute atomic E-state index is 11.3. The second-order valence-corrected chi connectivity index (χ2v) is 8.89. The van der Waals surface area contributed by atoms with Crippen LogP contribution in [0.15, 0.2) is 36.5 Å². The van der Waals surface area contributed by atoms with Gasteiger partial charge in [-0.15, -0.1) is 0 Å². The first-order valence-electron chi connectivity index (χ1n) is 9.74.